The predicted molar refractivity (Wildman–Crippen MR) is 70.8 cm³/mol. The van der Waals surface area contributed by atoms with Gasteiger partial charge >= 0.3 is 0 Å². The highest BCUT2D eigenvalue weighted by Gasteiger charge is 2.29. The number of terminal acetylenes is 1. The van der Waals surface area contributed by atoms with Crippen molar-refractivity contribution in [2.75, 3.05) is 13.1 Å². The molecule has 1 heterocycles. The van der Waals surface area contributed by atoms with Crippen molar-refractivity contribution in [3.05, 3.63) is 22.4 Å². The Bertz CT molecular complexity index is 468. The standard InChI is InChI=1S/C13H15BrN2O/c1-3-7-15(4-2)13(17)12-8-10(14)9-16(12)11-5-6-11/h1,8-9,11H,4-7H2,2H3. The third-order valence-electron chi connectivity index (χ3n) is 2.93. The summed E-state index contributed by atoms with van der Waals surface area (Å²) in [6.07, 6.45) is 9.57. The van der Waals surface area contributed by atoms with Gasteiger partial charge in [0.15, 0.2) is 0 Å². The first-order valence-electron chi connectivity index (χ1n) is 5.77. The number of hydrogen-bond donors (Lipinski definition) is 0. The van der Waals surface area contributed by atoms with Crippen LogP contribution in [0.3, 0.4) is 0 Å². The molecule has 1 aromatic heterocycles. The number of rotatable bonds is 4. The van der Waals surface area contributed by atoms with Gasteiger partial charge in [-0.2, -0.15) is 0 Å². The molecule has 2 rings (SSSR count). The summed E-state index contributed by atoms with van der Waals surface area (Å²) in [5.74, 6) is 2.54. The fourth-order valence-corrected chi connectivity index (χ4v) is 2.31. The molecule has 0 radical (unpaired) electrons. The maximum absolute atomic E-state index is 12.3. The summed E-state index contributed by atoms with van der Waals surface area (Å²) >= 11 is 3.43. The Morgan fingerprint density at radius 2 is 2.41 bits per heavy atom. The molecule has 0 N–H and O–H groups in total. The number of carbonyl (C=O) groups is 1. The fourth-order valence-electron chi connectivity index (χ4n) is 1.87. The zero-order valence-corrected chi connectivity index (χ0v) is 11.4. The lowest BCUT2D eigenvalue weighted by Gasteiger charge is -2.19. The highest BCUT2D eigenvalue weighted by atomic mass is 79.9. The minimum absolute atomic E-state index is 0.0167. The van der Waals surface area contributed by atoms with Crippen LogP contribution in [0.2, 0.25) is 0 Å². The van der Waals surface area contributed by atoms with Gasteiger partial charge in [-0.25, -0.2) is 0 Å². The van der Waals surface area contributed by atoms with Gasteiger partial charge in [-0.05, 0) is 41.8 Å². The molecular formula is C13H15BrN2O. The van der Waals surface area contributed by atoms with Crippen LogP contribution in [0, 0.1) is 12.3 Å². The number of aromatic nitrogens is 1. The molecule has 1 aliphatic rings. The van der Waals surface area contributed by atoms with E-state index in [-0.39, 0.29) is 5.91 Å². The van der Waals surface area contributed by atoms with Crippen LogP contribution >= 0.6 is 15.9 Å². The van der Waals surface area contributed by atoms with E-state index in [4.69, 9.17) is 6.42 Å². The number of amides is 1. The lowest BCUT2D eigenvalue weighted by atomic mass is 10.3. The summed E-state index contributed by atoms with van der Waals surface area (Å²) in [6.45, 7) is 2.94. The van der Waals surface area contributed by atoms with Crippen LogP contribution in [0.15, 0.2) is 16.7 Å². The normalized spacial score (nSPS) is 14.4. The van der Waals surface area contributed by atoms with Crippen molar-refractivity contribution in [1.82, 2.24) is 9.47 Å². The maximum Gasteiger partial charge on any atom is 0.271 e. The first-order valence-corrected chi connectivity index (χ1v) is 6.56. The monoisotopic (exact) mass is 294 g/mol. The van der Waals surface area contributed by atoms with Crippen LogP contribution in [0.1, 0.15) is 36.3 Å². The highest BCUT2D eigenvalue weighted by Crippen LogP contribution is 2.37. The summed E-state index contributed by atoms with van der Waals surface area (Å²) in [6, 6.07) is 2.37. The number of nitrogens with zero attached hydrogens (tertiary/aromatic N) is 2. The molecule has 1 saturated carbocycles. The van der Waals surface area contributed by atoms with Gasteiger partial charge in [-0.3, -0.25) is 4.79 Å². The third kappa shape index (κ3) is 2.55. The van der Waals surface area contributed by atoms with Crippen molar-refractivity contribution in [1.29, 1.82) is 0 Å². The van der Waals surface area contributed by atoms with Crippen molar-refractivity contribution >= 4 is 21.8 Å². The molecule has 17 heavy (non-hydrogen) atoms. The Kier molecular flexibility index (Phi) is 3.58. The Balaban J connectivity index is 2.26. The Hall–Kier alpha value is -1.21. The van der Waals surface area contributed by atoms with E-state index in [1.165, 1.54) is 0 Å². The van der Waals surface area contributed by atoms with Crippen molar-refractivity contribution in [3.8, 4) is 12.3 Å². The minimum atomic E-state index is 0.0167. The second-order valence-electron chi connectivity index (χ2n) is 4.21. The molecule has 0 atom stereocenters. The van der Waals surface area contributed by atoms with Crippen LogP contribution in [-0.4, -0.2) is 28.5 Å². The molecule has 4 heteroatoms. The summed E-state index contributed by atoms with van der Waals surface area (Å²) < 4.78 is 3.01. The van der Waals surface area contributed by atoms with E-state index in [0.717, 1.165) is 23.0 Å². The van der Waals surface area contributed by atoms with E-state index in [1.807, 2.05) is 19.2 Å². The smallest absolute Gasteiger partial charge is 0.271 e. The SMILES string of the molecule is C#CCN(CC)C(=O)c1cc(Br)cn1C1CC1. The zero-order valence-electron chi connectivity index (χ0n) is 9.82. The summed E-state index contributed by atoms with van der Waals surface area (Å²) in [5, 5.41) is 0. The summed E-state index contributed by atoms with van der Waals surface area (Å²) in [4.78, 5) is 14.0. The van der Waals surface area contributed by atoms with Crippen molar-refractivity contribution in [2.24, 2.45) is 0 Å². The topological polar surface area (TPSA) is 25.2 Å². The molecule has 3 nitrogen and oxygen atoms in total. The Morgan fingerprint density at radius 1 is 1.71 bits per heavy atom. The largest absolute Gasteiger partial charge is 0.339 e. The number of halogens is 1. The van der Waals surface area contributed by atoms with Crippen LogP contribution < -0.4 is 0 Å². The van der Waals surface area contributed by atoms with Crippen LogP contribution in [0.25, 0.3) is 0 Å². The second-order valence-corrected chi connectivity index (χ2v) is 5.12. The molecule has 0 aliphatic heterocycles. The molecule has 0 saturated heterocycles. The molecule has 0 unspecified atom stereocenters. The number of carbonyl (C=O) groups excluding carboxylic acids is 1. The zero-order chi connectivity index (χ0) is 12.4. The van der Waals surface area contributed by atoms with Gasteiger partial charge < -0.3 is 9.47 Å². The van der Waals surface area contributed by atoms with Crippen LogP contribution in [0.4, 0.5) is 0 Å². The Morgan fingerprint density at radius 3 is 2.94 bits per heavy atom. The molecule has 1 aliphatic carbocycles. The molecular weight excluding hydrogens is 280 g/mol. The average molecular weight is 295 g/mol. The first-order chi connectivity index (χ1) is 8.17. The fraction of sp³-hybridized carbons (Fsp3) is 0.462. The van der Waals surface area contributed by atoms with E-state index < -0.39 is 0 Å². The van der Waals surface area contributed by atoms with Gasteiger partial charge in [0.25, 0.3) is 5.91 Å². The van der Waals surface area contributed by atoms with E-state index in [1.54, 1.807) is 4.90 Å². The second kappa shape index (κ2) is 4.97. The number of hydrogen-bond acceptors (Lipinski definition) is 1. The van der Waals surface area contributed by atoms with Gasteiger partial charge in [-0.15, -0.1) is 6.42 Å². The van der Waals surface area contributed by atoms with Gasteiger partial charge in [0.2, 0.25) is 0 Å². The molecule has 0 spiro atoms. The summed E-state index contributed by atoms with van der Waals surface area (Å²) in [5.41, 5.74) is 0.733. The lowest BCUT2D eigenvalue weighted by Crippen LogP contribution is -2.32. The van der Waals surface area contributed by atoms with E-state index in [9.17, 15) is 4.79 Å². The highest BCUT2D eigenvalue weighted by molar-refractivity contribution is 9.10. The molecule has 1 aromatic rings. The average Bonchev–Trinajstić information content (AvgIpc) is 3.08. The van der Waals surface area contributed by atoms with Crippen LogP contribution in [-0.2, 0) is 0 Å². The van der Waals surface area contributed by atoms with Crippen molar-refractivity contribution < 1.29 is 4.79 Å². The summed E-state index contributed by atoms with van der Waals surface area (Å²) in [7, 11) is 0. The van der Waals surface area contributed by atoms with E-state index >= 15 is 0 Å². The lowest BCUT2D eigenvalue weighted by molar-refractivity contribution is 0.0774. The molecule has 0 aromatic carbocycles. The van der Waals surface area contributed by atoms with Crippen molar-refractivity contribution in [2.45, 2.75) is 25.8 Å². The molecule has 1 fully saturated rings. The van der Waals surface area contributed by atoms with E-state index in [2.05, 4.69) is 26.4 Å². The van der Waals surface area contributed by atoms with Gasteiger partial charge in [-0.1, -0.05) is 5.92 Å². The molecule has 1 amide bonds. The predicted octanol–water partition coefficient (Wildman–Crippen LogP) is 2.68. The molecule has 0 bridgehead atoms. The third-order valence-corrected chi connectivity index (χ3v) is 3.36. The van der Waals surface area contributed by atoms with Crippen molar-refractivity contribution in [3.63, 3.8) is 0 Å². The van der Waals surface area contributed by atoms with Gasteiger partial charge in [0.05, 0.1) is 6.54 Å². The quantitative estimate of drug-likeness (QED) is 0.784. The van der Waals surface area contributed by atoms with Gasteiger partial charge in [0, 0.05) is 23.3 Å². The minimum Gasteiger partial charge on any atom is -0.339 e. The van der Waals surface area contributed by atoms with Gasteiger partial charge in [0.1, 0.15) is 5.69 Å². The molecule has 90 valence electrons. The van der Waals surface area contributed by atoms with E-state index in [0.29, 0.717) is 19.1 Å². The first kappa shape index (κ1) is 12.3. The van der Waals surface area contributed by atoms with Crippen LogP contribution in [0.5, 0.6) is 0 Å². The maximum atomic E-state index is 12.3. The Labute approximate surface area is 110 Å².